The van der Waals surface area contributed by atoms with Crippen LogP contribution in [0.4, 0.5) is 5.69 Å². The molecule has 17 heavy (non-hydrogen) atoms. The highest BCUT2D eigenvalue weighted by molar-refractivity contribution is 5.93. The highest BCUT2D eigenvalue weighted by Crippen LogP contribution is 2.32. The molecule has 1 rings (SSSR count). The summed E-state index contributed by atoms with van der Waals surface area (Å²) in [5.74, 6) is -0.388. The van der Waals surface area contributed by atoms with Crippen LogP contribution in [0.1, 0.15) is 50.0 Å². The molecule has 94 valence electrons. The van der Waals surface area contributed by atoms with Gasteiger partial charge < -0.3 is 10.8 Å². The lowest BCUT2D eigenvalue weighted by atomic mass is 9.77. The number of nitrogen functional groups attached to an aromatic ring is 1. The molecular formula is C14H21NO2. The number of carbonyl (C=O) groups is 1. The van der Waals surface area contributed by atoms with Gasteiger partial charge in [-0.15, -0.1) is 0 Å². The van der Waals surface area contributed by atoms with E-state index in [1.54, 1.807) is 12.1 Å². The molecule has 1 aromatic rings. The Hall–Kier alpha value is -1.51. The van der Waals surface area contributed by atoms with Crippen molar-refractivity contribution in [3.05, 3.63) is 29.3 Å². The summed E-state index contributed by atoms with van der Waals surface area (Å²) < 4.78 is 0. The molecule has 0 aromatic heterocycles. The van der Waals surface area contributed by atoms with E-state index in [4.69, 9.17) is 10.8 Å². The third-order valence-corrected chi connectivity index (χ3v) is 2.98. The van der Waals surface area contributed by atoms with E-state index in [1.165, 1.54) is 0 Å². The molecule has 3 heteroatoms. The van der Waals surface area contributed by atoms with Gasteiger partial charge in [-0.2, -0.15) is 0 Å². The molecule has 0 aliphatic rings. The molecule has 0 aliphatic heterocycles. The lowest BCUT2D eigenvalue weighted by Crippen LogP contribution is -2.20. The number of benzene rings is 1. The van der Waals surface area contributed by atoms with Crippen molar-refractivity contribution >= 4 is 11.7 Å². The molecule has 0 amide bonds. The first kappa shape index (κ1) is 13.6. The summed E-state index contributed by atoms with van der Waals surface area (Å²) in [5, 5.41) is 8.92. The molecule has 3 nitrogen and oxygen atoms in total. The average molecular weight is 235 g/mol. The summed E-state index contributed by atoms with van der Waals surface area (Å²) in [4.78, 5) is 10.9. The Bertz CT molecular complexity index is 422. The van der Waals surface area contributed by atoms with Crippen molar-refractivity contribution in [2.24, 2.45) is 5.92 Å². The predicted octanol–water partition coefficient (Wildman–Crippen LogP) is 3.29. The first-order chi connectivity index (χ1) is 7.74. The number of hydrogen-bond donors (Lipinski definition) is 2. The highest BCUT2D eigenvalue weighted by atomic mass is 16.4. The normalized spacial score (nSPS) is 11.8. The van der Waals surface area contributed by atoms with E-state index in [0.29, 0.717) is 11.6 Å². The molecule has 0 saturated carbocycles. The lowest BCUT2D eigenvalue weighted by molar-refractivity contribution is 0.0698. The smallest absolute Gasteiger partial charge is 0.337 e. The van der Waals surface area contributed by atoms with Gasteiger partial charge in [0.15, 0.2) is 0 Å². The number of rotatable bonds is 4. The van der Waals surface area contributed by atoms with Crippen molar-refractivity contribution < 1.29 is 9.90 Å². The fourth-order valence-corrected chi connectivity index (χ4v) is 2.32. The predicted molar refractivity (Wildman–Crippen MR) is 70.3 cm³/mol. The van der Waals surface area contributed by atoms with Crippen LogP contribution in [0.5, 0.6) is 0 Å². The van der Waals surface area contributed by atoms with Crippen molar-refractivity contribution in [1.82, 2.24) is 0 Å². The molecule has 0 atom stereocenters. The van der Waals surface area contributed by atoms with Gasteiger partial charge in [-0.25, -0.2) is 4.79 Å². The van der Waals surface area contributed by atoms with E-state index in [1.807, 2.05) is 6.07 Å². The summed E-state index contributed by atoms with van der Waals surface area (Å²) in [6.45, 7) is 8.66. The van der Waals surface area contributed by atoms with Gasteiger partial charge >= 0.3 is 5.97 Å². The lowest BCUT2D eigenvalue weighted by Gasteiger charge is -2.27. The Morgan fingerprint density at radius 3 is 2.41 bits per heavy atom. The van der Waals surface area contributed by atoms with Crippen LogP contribution >= 0.6 is 0 Å². The average Bonchev–Trinajstić information content (AvgIpc) is 2.14. The Morgan fingerprint density at radius 2 is 2.00 bits per heavy atom. The molecule has 1 aromatic carbocycles. The molecule has 0 unspecified atom stereocenters. The maximum absolute atomic E-state index is 10.9. The van der Waals surface area contributed by atoms with E-state index in [9.17, 15) is 4.79 Å². The van der Waals surface area contributed by atoms with E-state index in [-0.39, 0.29) is 11.0 Å². The van der Waals surface area contributed by atoms with E-state index >= 15 is 0 Å². The van der Waals surface area contributed by atoms with Crippen LogP contribution in [0.3, 0.4) is 0 Å². The van der Waals surface area contributed by atoms with Crippen molar-refractivity contribution in [1.29, 1.82) is 0 Å². The van der Waals surface area contributed by atoms with Crippen molar-refractivity contribution in [3.8, 4) is 0 Å². The summed E-state index contributed by atoms with van der Waals surface area (Å²) >= 11 is 0. The Labute approximate surface area is 103 Å². The first-order valence-corrected chi connectivity index (χ1v) is 5.87. The Kier molecular flexibility index (Phi) is 3.81. The molecule has 3 N–H and O–H groups in total. The first-order valence-electron chi connectivity index (χ1n) is 5.87. The van der Waals surface area contributed by atoms with Crippen molar-refractivity contribution in [2.45, 2.75) is 39.5 Å². The molecule has 0 heterocycles. The van der Waals surface area contributed by atoms with Crippen LogP contribution in [0.2, 0.25) is 0 Å². The molecule has 0 fully saturated rings. The van der Waals surface area contributed by atoms with Crippen LogP contribution in [-0.2, 0) is 5.41 Å². The second kappa shape index (κ2) is 4.78. The quantitative estimate of drug-likeness (QED) is 0.787. The van der Waals surface area contributed by atoms with Crippen LogP contribution in [0.15, 0.2) is 18.2 Å². The number of carboxylic acids is 1. The molecule has 0 spiro atoms. The minimum Gasteiger partial charge on any atom is -0.478 e. The van der Waals surface area contributed by atoms with Crippen LogP contribution in [0.25, 0.3) is 0 Å². The van der Waals surface area contributed by atoms with Gasteiger partial charge in [-0.05, 0) is 35.4 Å². The molecule has 0 bridgehead atoms. The minimum atomic E-state index is -0.976. The molecule has 0 saturated heterocycles. The zero-order valence-corrected chi connectivity index (χ0v) is 10.9. The van der Waals surface area contributed by atoms with Gasteiger partial charge in [0.25, 0.3) is 0 Å². The largest absolute Gasteiger partial charge is 0.478 e. The second-order valence-corrected chi connectivity index (χ2v) is 5.59. The number of nitrogens with two attached hydrogens (primary N) is 1. The maximum atomic E-state index is 10.9. The summed E-state index contributed by atoms with van der Waals surface area (Å²) in [6, 6.07) is 5.24. The van der Waals surface area contributed by atoms with Crippen LogP contribution in [0, 0.1) is 5.92 Å². The fourth-order valence-electron chi connectivity index (χ4n) is 2.32. The summed E-state index contributed by atoms with van der Waals surface area (Å²) in [5.41, 5.74) is 7.39. The number of hydrogen-bond acceptors (Lipinski definition) is 2. The number of carboxylic acid groups (broad SMARTS) is 1. The van der Waals surface area contributed by atoms with Crippen LogP contribution < -0.4 is 5.73 Å². The Balaban J connectivity index is 3.08. The highest BCUT2D eigenvalue weighted by Gasteiger charge is 2.23. The maximum Gasteiger partial charge on any atom is 0.337 e. The van der Waals surface area contributed by atoms with Gasteiger partial charge in [-0.1, -0.05) is 33.8 Å². The van der Waals surface area contributed by atoms with Gasteiger partial charge in [0.05, 0.1) is 5.56 Å². The topological polar surface area (TPSA) is 63.3 Å². The number of aromatic carboxylic acids is 1. The molecule has 0 aliphatic carbocycles. The monoisotopic (exact) mass is 235 g/mol. The Morgan fingerprint density at radius 1 is 1.41 bits per heavy atom. The fraction of sp³-hybridized carbons (Fsp3) is 0.500. The minimum absolute atomic E-state index is 0.0132. The SMILES string of the molecule is CC(C)CC(C)(C)c1ccc(C(=O)O)c(N)c1. The van der Waals surface area contributed by atoms with Gasteiger partial charge in [0, 0.05) is 5.69 Å². The third-order valence-electron chi connectivity index (χ3n) is 2.98. The van der Waals surface area contributed by atoms with Gasteiger partial charge in [-0.3, -0.25) is 0 Å². The zero-order valence-electron chi connectivity index (χ0n) is 10.9. The van der Waals surface area contributed by atoms with E-state index in [2.05, 4.69) is 27.7 Å². The van der Waals surface area contributed by atoms with Crippen molar-refractivity contribution in [3.63, 3.8) is 0 Å². The zero-order chi connectivity index (χ0) is 13.2. The summed E-state index contributed by atoms with van der Waals surface area (Å²) in [6.07, 6.45) is 1.04. The van der Waals surface area contributed by atoms with Crippen molar-refractivity contribution in [2.75, 3.05) is 5.73 Å². The van der Waals surface area contributed by atoms with Crippen LogP contribution in [-0.4, -0.2) is 11.1 Å². The van der Waals surface area contributed by atoms with E-state index in [0.717, 1.165) is 12.0 Å². The van der Waals surface area contributed by atoms with Gasteiger partial charge in [0.1, 0.15) is 0 Å². The second-order valence-electron chi connectivity index (χ2n) is 5.59. The standard InChI is InChI=1S/C14H21NO2/c1-9(2)8-14(3,4)10-5-6-11(13(16)17)12(15)7-10/h5-7,9H,8,15H2,1-4H3,(H,16,17). The van der Waals surface area contributed by atoms with Gasteiger partial charge in [0.2, 0.25) is 0 Å². The van der Waals surface area contributed by atoms with E-state index < -0.39 is 5.97 Å². The molecule has 0 radical (unpaired) electrons. The third kappa shape index (κ3) is 3.22. The molecular weight excluding hydrogens is 214 g/mol. The summed E-state index contributed by atoms with van der Waals surface area (Å²) in [7, 11) is 0. The number of anilines is 1.